The lowest BCUT2D eigenvalue weighted by Gasteiger charge is -2.29. The van der Waals surface area contributed by atoms with Gasteiger partial charge >= 0.3 is 0 Å². The predicted molar refractivity (Wildman–Crippen MR) is 68.9 cm³/mol. The number of hydrogen-bond donors (Lipinski definition) is 1. The summed E-state index contributed by atoms with van der Waals surface area (Å²) < 4.78 is 6.04. The Kier molecular flexibility index (Phi) is 3.98. The molecule has 1 aromatic rings. The lowest BCUT2D eigenvalue weighted by molar-refractivity contribution is 0.0923. The molecule has 0 aliphatic carbocycles. The van der Waals surface area contributed by atoms with E-state index < -0.39 is 0 Å². The second-order valence-corrected chi connectivity index (χ2v) is 5.24. The van der Waals surface area contributed by atoms with Gasteiger partial charge in [-0.25, -0.2) is 0 Å². The van der Waals surface area contributed by atoms with Gasteiger partial charge in [0, 0.05) is 12.5 Å². The summed E-state index contributed by atoms with van der Waals surface area (Å²) in [5, 5.41) is 0. The highest BCUT2D eigenvalue weighted by Crippen LogP contribution is 2.26. The van der Waals surface area contributed by atoms with Crippen LogP contribution in [0.4, 0.5) is 0 Å². The summed E-state index contributed by atoms with van der Waals surface area (Å²) in [6.07, 6.45) is 0.848. The maximum Gasteiger partial charge on any atom is 0.123 e. The van der Waals surface area contributed by atoms with Crippen molar-refractivity contribution < 1.29 is 4.74 Å². The molecule has 16 heavy (non-hydrogen) atoms. The third kappa shape index (κ3) is 3.53. The van der Waals surface area contributed by atoms with Crippen LogP contribution in [-0.2, 0) is 0 Å². The first-order valence-electron chi connectivity index (χ1n) is 5.82. The third-order valence-corrected chi connectivity index (χ3v) is 2.75. The first-order valence-corrected chi connectivity index (χ1v) is 5.82. The Bertz CT molecular complexity index is 356. The number of benzene rings is 1. The van der Waals surface area contributed by atoms with Crippen LogP contribution in [0.1, 0.15) is 38.3 Å². The van der Waals surface area contributed by atoms with Crippen LogP contribution in [0, 0.1) is 13.8 Å². The van der Waals surface area contributed by atoms with Crippen molar-refractivity contribution in [3.63, 3.8) is 0 Å². The zero-order valence-electron chi connectivity index (χ0n) is 11.0. The Morgan fingerprint density at radius 1 is 1.31 bits per heavy atom. The lowest BCUT2D eigenvalue weighted by atomic mass is 10.00. The standard InChI is InChI=1S/C14H23NO/c1-10-7-6-8-13(12(10)3)16-14(4,5)9-11(2)15/h6-8,11H,9,15H2,1-5H3. The first-order chi connectivity index (χ1) is 7.32. The quantitative estimate of drug-likeness (QED) is 0.847. The molecule has 0 aromatic heterocycles. The zero-order valence-corrected chi connectivity index (χ0v) is 11.0. The summed E-state index contributed by atoms with van der Waals surface area (Å²) in [6, 6.07) is 6.30. The number of aryl methyl sites for hydroxylation is 1. The molecule has 0 spiro atoms. The Balaban J connectivity index is 2.83. The van der Waals surface area contributed by atoms with Crippen molar-refractivity contribution in [1.29, 1.82) is 0 Å². The van der Waals surface area contributed by atoms with Gasteiger partial charge < -0.3 is 10.5 Å². The molecule has 0 fully saturated rings. The molecular formula is C14H23NO. The van der Waals surface area contributed by atoms with E-state index in [0.717, 1.165) is 12.2 Å². The molecule has 90 valence electrons. The van der Waals surface area contributed by atoms with Crippen LogP contribution in [0.25, 0.3) is 0 Å². The van der Waals surface area contributed by atoms with Crippen molar-refractivity contribution in [1.82, 2.24) is 0 Å². The monoisotopic (exact) mass is 221 g/mol. The summed E-state index contributed by atoms with van der Waals surface area (Å²) in [5.41, 5.74) is 8.07. The average molecular weight is 221 g/mol. The highest BCUT2D eigenvalue weighted by Gasteiger charge is 2.22. The molecular weight excluding hydrogens is 198 g/mol. The predicted octanol–water partition coefficient (Wildman–Crippen LogP) is 3.20. The third-order valence-electron chi connectivity index (χ3n) is 2.75. The highest BCUT2D eigenvalue weighted by atomic mass is 16.5. The minimum absolute atomic E-state index is 0.153. The SMILES string of the molecule is Cc1cccc(OC(C)(C)CC(C)N)c1C. The van der Waals surface area contributed by atoms with Crippen LogP contribution < -0.4 is 10.5 Å². The van der Waals surface area contributed by atoms with E-state index in [2.05, 4.69) is 33.8 Å². The molecule has 1 aromatic carbocycles. The zero-order chi connectivity index (χ0) is 12.3. The molecule has 0 amide bonds. The van der Waals surface area contributed by atoms with Gasteiger partial charge in [0.25, 0.3) is 0 Å². The number of nitrogens with two attached hydrogens (primary N) is 1. The summed E-state index contributed by atoms with van der Waals surface area (Å²) in [6.45, 7) is 10.4. The fraction of sp³-hybridized carbons (Fsp3) is 0.571. The highest BCUT2D eigenvalue weighted by molar-refractivity contribution is 5.38. The Hall–Kier alpha value is -1.02. The topological polar surface area (TPSA) is 35.2 Å². The van der Waals surface area contributed by atoms with Crippen LogP contribution in [0.5, 0.6) is 5.75 Å². The Morgan fingerprint density at radius 3 is 2.50 bits per heavy atom. The lowest BCUT2D eigenvalue weighted by Crippen LogP contribution is -2.35. The van der Waals surface area contributed by atoms with Gasteiger partial charge in [-0.3, -0.25) is 0 Å². The van der Waals surface area contributed by atoms with Gasteiger partial charge in [-0.05, 0) is 51.8 Å². The van der Waals surface area contributed by atoms with Crippen molar-refractivity contribution in [2.24, 2.45) is 5.73 Å². The molecule has 1 atom stereocenters. The van der Waals surface area contributed by atoms with E-state index >= 15 is 0 Å². The van der Waals surface area contributed by atoms with Crippen molar-refractivity contribution in [3.8, 4) is 5.75 Å². The van der Waals surface area contributed by atoms with E-state index in [1.165, 1.54) is 11.1 Å². The van der Waals surface area contributed by atoms with Crippen LogP contribution in [-0.4, -0.2) is 11.6 Å². The smallest absolute Gasteiger partial charge is 0.123 e. The van der Waals surface area contributed by atoms with E-state index in [1.54, 1.807) is 0 Å². The summed E-state index contributed by atoms with van der Waals surface area (Å²) in [4.78, 5) is 0. The van der Waals surface area contributed by atoms with Crippen LogP contribution in [0.15, 0.2) is 18.2 Å². The van der Waals surface area contributed by atoms with Crippen molar-refractivity contribution in [2.45, 2.75) is 52.7 Å². The van der Waals surface area contributed by atoms with E-state index in [4.69, 9.17) is 10.5 Å². The van der Waals surface area contributed by atoms with Gasteiger partial charge in [-0.2, -0.15) is 0 Å². The van der Waals surface area contributed by atoms with Gasteiger partial charge in [-0.15, -0.1) is 0 Å². The number of rotatable bonds is 4. The molecule has 0 aliphatic heterocycles. The molecule has 2 N–H and O–H groups in total. The van der Waals surface area contributed by atoms with Gasteiger partial charge in [0.2, 0.25) is 0 Å². The fourth-order valence-electron chi connectivity index (χ4n) is 1.95. The minimum atomic E-state index is -0.216. The van der Waals surface area contributed by atoms with E-state index in [-0.39, 0.29) is 11.6 Å². The van der Waals surface area contributed by atoms with Crippen molar-refractivity contribution >= 4 is 0 Å². The normalized spacial score (nSPS) is 13.6. The molecule has 2 nitrogen and oxygen atoms in total. The van der Waals surface area contributed by atoms with Gasteiger partial charge in [0.15, 0.2) is 0 Å². The van der Waals surface area contributed by atoms with Gasteiger partial charge in [0.05, 0.1) is 0 Å². The fourth-order valence-corrected chi connectivity index (χ4v) is 1.95. The van der Waals surface area contributed by atoms with Crippen LogP contribution in [0.3, 0.4) is 0 Å². The maximum absolute atomic E-state index is 6.04. The summed E-state index contributed by atoms with van der Waals surface area (Å²) in [5.74, 6) is 0.964. The molecule has 1 rings (SSSR count). The second-order valence-electron chi connectivity index (χ2n) is 5.24. The van der Waals surface area contributed by atoms with Gasteiger partial charge in [-0.1, -0.05) is 12.1 Å². The Labute approximate surface area is 98.8 Å². The van der Waals surface area contributed by atoms with Crippen molar-refractivity contribution in [3.05, 3.63) is 29.3 Å². The van der Waals surface area contributed by atoms with Gasteiger partial charge in [0.1, 0.15) is 11.4 Å². The molecule has 0 saturated carbocycles. The maximum atomic E-state index is 6.04. The number of ether oxygens (including phenoxy) is 1. The molecule has 0 aliphatic rings. The largest absolute Gasteiger partial charge is 0.488 e. The molecule has 0 saturated heterocycles. The molecule has 0 radical (unpaired) electrons. The van der Waals surface area contributed by atoms with E-state index in [9.17, 15) is 0 Å². The average Bonchev–Trinajstić information content (AvgIpc) is 2.10. The van der Waals surface area contributed by atoms with E-state index in [1.807, 2.05) is 19.1 Å². The molecule has 2 heteroatoms. The van der Waals surface area contributed by atoms with Crippen molar-refractivity contribution in [2.75, 3.05) is 0 Å². The van der Waals surface area contributed by atoms with Crippen LogP contribution in [0.2, 0.25) is 0 Å². The van der Waals surface area contributed by atoms with E-state index in [0.29, 0.717) is 0 Å². The first kappa shape index (κ1) is 13.0. The minimum Gasteiger partial charge on any atom is -0.488 e. The van der Waals surface area contributed by atoms with Crippen LogP contribution >= 0.6 is 0 Å². The molecule has 0 bridgehead atoms. The molecule has 0 heterocycles. The summed E-state index contributed by atoms with van der Waals surface area (Å²) in [7, 11) is 0. The Morgan fingerprint density at radius 2 is 1.94 bits per heavy atom. The number of hydrogen-bond acceptors (Lipinski definition) is 2. The molecule has 1 unspecified atom stereocenters. The second kappa shape index (κ2) is 4.88. The summed E-state index contributed by atoms with van der Waals surface area (Å²) >= 11 is 0.